The lowest BCUT2D eigenvalue weighted by Gasteiger charge is -2.37. The number of rotatable bonds is 5. The van der Waals surface area contributed by atoms with E-state index in [4.69, 9.17) is 4.43 Å². The maximum absolute atomic E-state index is 9.51. The van der Waals surface area contributed by atoms with Gasteiger partial charge in [-0.25, -0.2) is 0 Å². The van der Waals surface area contributed by atoms with Crippen molar-refractivity contribution in [2.75, 3.05) is 13.2 Å². The first-order chi connectivity index (χ1) is 8.28. The lowest BCUT2D eigenvalue weighted by atomic mass is 10.0. The van der Waals surface area contributed by atoms with E-state index in [2.05, 4.69) is 46.0 Å². The molecule has 0 aromatic heterocycles. The Morgan fingerprint density at radius 3 is 2.17 bits per heavy atom. The third-order valence-corrected chi connectivity index (χ3v) is 8.44. The molecule has 1 N–H and O–H groups in total. The van der Waals surface area contributed by atoms with Crippen molar-refractivity contribution in [2.24, 2.45) is 0 Å². The van der Waals surface area contributed by atoms with Crippen LogP contribution in [0.25, 0.3) is 0 Å². The van der Waals surface area contributed by atoms with E-state index < -0.39 is 8.32 Å². The highest BCUT2D eigenvalue weighted by Gasteiger charge is 2.37. The molecule has 0 saturated carbocycles. The second-order valence-corrected chi connectivity index (χ2v) is 11.2. The molecule has 0 amide bonds. The van der Waals surface area contributed by atoms with Crippen LogP contribution in [-0.4, -0.2) is 26.6 Å². The zero-order chi connectivity index (χ0) is 13.8. The first-order valence-electron chi connectivity index (χ1n) is 6.57. The third-order valence-electron chi connectivity index (χ3n) is 3.94. The molecule has 0 spiro atoms. The first-order valence-corrected chi connectivity index (χ1v) is 9.48. The highest BCUT2D eigenvalue weighted by Crippen LogP contribution is 2.37. The van der Waals surface area contributed by atoms with E-state index in [1.54, 1.807) is 0 Å². The van der Waals surface area contributed by atoms with Crippen LogP contribution in [0.4, 0.5) is 0 Å². The lowest BCUT2D eigenvalue weighted by Crippen LogP contribution is -2.42. The molecule has 3 heteroatoms. The van der Waals surface area contributed by atoms with Crippen molar-refractivity contribution in [1.29, 1.82) is 0 Å². The monoisotopic (exact) mass is 266 g/mol. The smallest absolute Gasteiger partial charge is 0.192 e. The molecule has 0 aliphatic rings. The quantitative estimate of drug-likeness (QED) is 0.822. The van der Waals surface area contributed by atoms with Gasteiger partial charge in [-0.1, -0.05) is 51.1 Å². The van der Waals surface area contributed by atoms with Gasteiger partial charge in [-0.15, -0.1) is 0 Å². The molecule has 0 aliphatic heterocycles. The number of aliphatic hydroxyl groups is 1. The SMILES string of the molecule is CC(C)(C)[Si](C)(C)OC[C@H](CO)c1ccccc1. The van der Waals surface area contributed by atoms with Crippen molar-refractivity contribution in [3.63, 3.8) is 0 Å². The summed E-state index contributed by atoms with van der Waals surface area (Å²) in [6.45, 7) is 11.9. The van der Waals surface area contributed by atoms with Crippen LogP contribution in [0.15, 0.2) is 30.3 Å². The summed E-state index contributed by atoms with van der Waals surface area (Å²) in [5, 5.41) is 9.73. The molecule has 0 unspecified atom stereocenters. The summed E-state index contributed by atoms with van der Waals surface area (Å²) < 4.78 is 6.18. The molecule has 0 saturated heterocycles. The lowest BCUT2D eigenvalue weighted by molar-refractivity contribution is 0.194. The highest BCUT2D eigenvalue weighted by atomic mass is 28.4. The Morgan fingerprint density at radius 2 is 1.72 bits per heavy atom. The van der Waals surface area contributed by atoms with Crippen LogP contribution in [0.5, 0.6) is 0 Å². The van der Waals surface area contributed by atoms with Crippen LogP contribution in [0.1, 0.15) is 32.3 Å². The molecule has 1 atom stereocenters. The molecule has 2 nitrogen and oxygen atoms in total. The van der Waals surface area contributed by atoms with Crippen LogP contribution in [-0.2, 0) is 4.43 Å². The van der Waals surface area contributed by atoms with Crippen molar-refractivity contribution < 1.29 is 9.53 Å². The van der Waals surface area contributed by atoms with Gasteiger partial charge in [0.1, 0.15) is 0 Å². The Bertz CT molecular complexity index is 355. The van der Waals surface area contributed by atoms with E-state index in [1.807, 2.05) is 18.2 Å². The van der Waals surface area contributed by atoms with Crippen molar-refractivity contribution in [2.45, 2.75) is 44.8 Å². The van der Waals surface area contributed by atoms with Gasteiger partial charge < -0.3 is 9.53 Å². The second-order valence-electron chi connectivity index (χ2n) is 6.36. The second kappa shape index (κ2) is 6.00. The molecule has 0 aliphatic carbocycles. The number of hydrogen-bond donors (Lipinski definition) is 1. The average Bonchev–Trinajstić information content (AvgIpc) is 2.29. The molecule has 0 bridgehead atoms. The molecular formula is C15H26O2Si. The summed E-state index contributed by atoms with van der Waals surface area (Å²) in [5.74, 6) is 0.0836. The molecular weight excluding hydrogens is 240 g/mol. The highest BCUT2D eigenvalue weighted by molar-refractivity contribution is 6.74. The summed E-state index contributed by atoms with van der Waals surface area (Å²) in [7, 11) is -1.73. The minimum Gasteiger partial charge on any atom is -0.416 e. The van der Waals surface area contributed by atoms with Gasteiger partial charge in [-0.3, -0.25) is 0 Å². The number of aliphatic hydroxyl groups excluding tert-OH is 1. The fraction of sp³-hybridized carbons (Fsp3) is 0.600. The molecule has 18 heavy (non-hydrogen) atoms. The zero-order valence-corrected chi connectivity index (χ0v) is 13.2. The fourth-order valence-electron chi connectivity index (χ4n) is 1.50. The Hall–Kier alpha value is -0.643. The topological polar surface area (TPSA) is 29.5 Å². The van der Waals surface area contributed by atoms with E-state index >= 15 is 0 Å². The third kappa shape index (κ3) is 3.94. The van der Waals surface area contributed by atoms with Crippen molar-refractivity contribution >= 4 is 8.32 Å². The van der Waals surface area contributed by atoms with Gasteiger partial charge in [0.05, 0.1) is 6.61 Å². The summed E-state index contributed by atoms with van der Waals surface area (Å²) in [6.07, 6.45) is 0. The minimum atomic E-state index is -1.73. The first kappa shape index (κ1) is 15.4. The fourth-order valence-corrected chi connectivity index (χ4v) is 2.56. The van der Waals surface area contributed by atoms with Gasteiger partial charge >= 0.3 is 0 Å². The average molecular weight is 266 g/mol. The summed E-state index contributed by atoms with van der Waals surface area (Å²) in [4.78, 5) is 0. The molecule has 0 radical (unpaired) electrons. The Kier molecular flexibility index (Phi) is 5.14. The van der Waals surface area contributed by atoms with Crippen LogP contribution in [0.3, 0.4) is 0 Å². The standard InChI is InChI=1S/C15H26O2Si/c1-15(2,3)18(4,5)17-12-14(11-16)13-9-7-6-8-10-13/h6-10,14,16H,11-12H2,1-5H3/t14-/m0/s1. The van der Waals surface area contributed by atoms with E-state index in [0.29, 0.717) is 6.61 Å². The molecule has 0 fully saturated rings. The van der Waals surface area contributed by atoms with Gasteiger partial charge in [0.25, 0.3) is 0 Å². The molecule has 102 valence electrons. The van der Waals surface area contributed by atoms with Crippen LogP contribution < -0.4 is 0 Å². The van der Waals surface area contributed by atoms with E-state index in [1.165, 1.54) is 0 Å². The van der Waals surface area contributed by atoms with Gasteiger partial charge in [0.15, 0.2) is 8.32 Å². The molecule has 0 heterocycles. The maximum Gasteiger partial charge on any atom is 0.192 e. The summed E-state index contributed by atoms with van der Waals surface area (Å²) >= 11 is 0. The summed E-state index contributed by atoms with van der Waals surface area (Å²) in [6, 6.07) is 10.1. The number of hydrogen-bond acceptors (Lipinski definition) is 2. The minimum absolute atomic E-state index is 0.0836. The largest absolute Gasteiger partial charge is 0.416 e. The molecule has 1 rings (SSSR count). The van der Waals surface area contributed by atoms with Crippen LogP contribution in [0, 0.1) is 0 Å². The normalized spacial score (nSPS) is 14.6. The molecule has 1 aromatic rings. The zero-order valence-electron chi connectivity index (χ0n) is 12.2. The van der Waals surface area contributed by atoms with Crippen LogP contribution >= 0.6 is 0 Å². The van der Waals surface area contributed by atoms with E-state index in [0.717, 1.165) is 5.56 Å². The van der Waals surface area contributed by atoms with Gasteiger partial charge in [-0.2, -0.15) is 0 Å². The van der Waals surface area contributed by atoms with Crippen molar-refractivity contribution in [3.8, 4) is 0 Å². The van der Waals surface area contributed by atoms with Crippen molar-refractivity contribution in [1.82, 2.24) is 0 Å². The van der Waals surface area contributed by atoms with Crippen molar-refractivity contribution in [3.05, 3.63) is 35.9 Å². The van der Waals surface area contributed by atoms with Crippen LogP contribution in [0.2, 0.25) is 18.1 Å². The Morgan fingerprint density at radius 1 is 1.17 bits per heavy atom. The predicted molar refractivity (Wildman–Crippen MR) is 79.4 cm³/mol. The molecule has 1 aromatic carbocycles. The maximum atomic E-state index is 9.51. The Labute approximate surface area is 112 Å². The van der Waals surface area contributed by atoms with Gasteiger partial charge in [0, 0.05) is 12.5 Å². The summed E-state index contributed by atoms with van der Waals surface area (Å²) in [5.41, 5.74) is 1.15. The van der Waals surface area contributed by atoms with E-state index in [-0.39, 0.29) is 17.6 Å². The predicted octanol–water partition coefficient (Wildman–Crippen LogP) is 3.78. The number of benzene rings is 1. The Balaban J connectivity index is 2.67. The van der Waals surface area contributed by atoms with E-state index in [9.17, 15) is 5.11 Å². The van der Waals surface area contributed by atoms with Gasteiger partial charge in [-0.05, 0) is 23.7 Å². The van der Waals surface area contributed by atoms with Gasteiger partial charge in [0.2, 0.25) is 0 Å².